The van der Waals surface area contributed by atoms with E-state index in [2.05, 4.69) is 32.8 Å². The smallest absolute Gasteiger partial charge is 0.227 e. The van der Waals surface area contributed by atoms with Crippen LogP contribution in [0.3, 0.4) is 0 Å². The van der Waals surface area contributed by atoms with Gasteiger partial charge in [0.1, 0.15) is 16.5 Å². The number of aryl methyl sites for hydroxylation is 1. The Kier molecular flexibility index (Phi) is 5.24. The number of piperidine rings is 1. The highest BCUT2D eigenvalue weighted by molar-refractivity contribution is 7.18. The highest BCUT2D eigenvalue weighted by Crippen LogP contribution is 2.41. The second-order valence-corrected chi connectivity index (χ2v) is 9.43. The molecule has 0 aliphatic carbocycles. The standard InChI is InChI=1S/C21H24N4O2S2/c1-14-22-19(18-16(13-29-20(18)23-14)17-5-3-11-28-17)25-6-2-4-15(12-25)21(26)24-7-9-27-10-8-24/h3,5,11,13,15H,2,4,6-10,12H2,1H3/t15-/m0/s1. The van der Waals surface area contributed by atoms with Crippen molar-refractivity contribution in [1.29, 1.82) is 0 Å². The maximum absolute atomic E-state index is 13.1. The molecule has 2 fully saturated rings. The first-order valence-electron chi connectivity index (χ1n) is 10.1. The zero-order valence-electron chi connectivity index (χ0n) is 16.5. The van der Waals surface area contributed by atoms with Gasteiger partial charge in [-0.05, 0) is 31.2 Å². The van der Waals surface area contributed by atoms with E-state index in [0.29, 0.717) is 26.3 Å². The molecule has 5 rings (SSSR count). The Morgan fingerprint density at radius 3 is 2.86 bits per heavy atom. The molecule has 6 nitrogen and oxygen atoms in total. The molecule has 0 bridgehead atoms. The van der Waals surface area contributed by atoms with Gasteiger partial charge in [-0.15, -0.1) is 22.7 Å². The molecule has 2 saturated heterocycles. The number of carbonyl (C=O) groups excluding carboxylic acids is 1. The van der Waals surface area contributed by atoms with E-state index in [0.717, 1.165) is 47.8 Å². The zero-order chi connectivity index (χ0) is 19.8. The van der Waals surface area contributed by atoms with Crippen molar-refractivity contribution in [1.82, 2.24) is 14.9 Å². The monoisotopic (exact) mass is 428 g/mol. The first-order valence-corrected chi connectivity index (χ1v) is 11.9. The molecule has 3 aromatic rings. The summed E-state index contributed by atoms with van der Waals surface area (Å²) in [5, 5.41) is 5.42. The molecule has 3 aromatic heterocycles. The first kappa shape index (κ1) is 19.0. The van der Waals surface area contributed by atoms with Crippen LogP contribution in [-0.2, 0) is 9.53 Å². The summed E-state index contributed by atoms with van der Waals surface area (Å²) in [6.45, 7) is 6.31. The summed E-state index contributed by atoms with van der Waals surface area (Å²) in [7, 11) is 0. The molecular weight excluding hydrogens is 404 g/mol. The summed E-state index contributed by atoms with van der Waals surface area (Å²) in [6.07, 6.45) is 1.95. The van der Waals surface area contributed by atoms with Crippen molar-refractivity contribution < 1.29 is 9.53 Å². The van der Waals surface area contributed by atoms with Crippen LogP contribution in [0.4, 0.5) is 5.82 Å². The summed E-state index contributed by atoms with van der Waals surface area (Å²) in [4.78, 5) is 29.2. The van der Waals surface area contributed by atoms with E-state index in [1.807, 2.05) is 11.8 Å². The molecule has 152 valence electrons. The summed E-state index contributed by atoms with van der Waals surface area (Å²) in [6, 6.07) is 4.23. The highest BCUT2D eigenvalue weighted by Gasteiger charge is 2.32. The zero-order valence-corrected chi connectivity index (χ0v) is 18.1. The number of aromatic nitrogens is 2. The van der Waals surface area contributed by atoms with Gasteiger partial charge in [-0.1, -0.05) is 6.07 Å². The fourth-order valence-electron chi connectivity index (χ4n) is 4.28. The number of fused-ring (bicyclic) bond motifs is 1. The molecule has 8 heteroatoms. The summed E-state index contributed by atoms with van der Waals surface area (Å²) >= 11 is 3.41. The molecular formula is C21H24N4O2S2. The van der Waals surface area contributed by atoms with Gasteiger partial charge in [0, 0.05) is 42.0 Å². The van der Waals surface area contributed by atoms with Crippen molar-refractivity contribution in [2.45, 2.75) is 19.8 Å². The highest BCUT2D eigenvalue weighted by atomic mass is 32.1. The van der Waals surface area contributed by atoms with Gasteiger partial charge in [0.2, 0.25) is 5.91 Å². The van der Waals surface area contributed by atoms with Crippen LogP contribution in [0.5, 0.6) is 0 Å². The number of thiophene rings is 2. The van der Waals surface area contributed by atoms with E-state index in [1.54, 1.807) is 22.7 Å². The molecule has 5 heterocycles. The first-order chi connectivity index (χ1) is 14.2. The summed E-state index contributed by atoms with van der Waals surface area (Å²) in [5.74, 6) is 2.06. The lowest BCUT2D eigenvalue weighted by molar-refractivity contribution is -0.139. The lowest BCUT2D eigenvalue weighted by Gasteiger charge is -2.37. The van der Waals surface area contributed by atoms with Crippen molar-refractivity contribution >= 4 is 44.6 Å². The van der Waals surface area contributed by atoms with Crippen molar-refractivity contribution in [3.63, 3.8) is 0 Å². The number of ether oxygens (including phenoxy) is 1. The third kappa shape index (κ3) is 3.65. The van der Waals surface area contributed by atoms with Gasteiger partial charge >= 0.3 is 0 Å². The molecule has 0 saturated carbocycles. The van der Waals surface area contributed by atoms with Gasteiger partial charge in [-0.3, -0.25) is 4.79 Å². The lowest BCUT2D eigenvalue weighted by Crippen LogP contribution is -2.48. The van der Waals surface area contributed by atoms with Crippen molar-refractivity contribution in [2.24, 2.45) is 5.92 Å². The fraction of sp³-hybridized carbons (Fsp3) is 0.476. The number of hydrogen-bond donors (Lipinski definition) is 0. The molecule has 1 atom stereocenters. The minimum Gasteiger partial charge on any atom is -0.378 e. The van der Waals surface area contributed by atoms with Crippen LogP contribution in [0.1, 0.15) is 18.7 Å². The summed E-state index contributed by atoms with van der Waals surface area (Å²) < 4.78 is 5.41. The van der Waals surface area contributed by atoms with Gasteiger partial charge in [0.05, 0.1) is 24.5 Å². The third-order valence-corrected chi connectivity index (χ3v) is 7.48. The molecule has 2 aliphatic heterocycles. The number of anilines is 1. The Labute approximate surface area is 178 Å². The minimum absolute atomic E-state index is 0.0241. The van der Waals surface area contributed by atoms with Crippen LogP contribution in [0.25, 0.3) is 20.7 Å². The Bertz CT molecular complexity index is 1010. The normalized spacial score (nSPS) is 20.4. The van der Waals surface area contributed by atoms with E-state index >= 15 is 0 Å². The molecule has 0 radical (unpaired) electrons. The molecule has 1 amide bonds. The van der Waals surface area contributed by atoms with Crippen molar-refractivity contribution in [3.8, 4) is 10.4 Å². The van der Waals surface area contributed by atoms with Crippen LogP contribution >= 0.6 is 22.7 Å². The van der Waals surface area contributed by atoms with Crippen molar-refractivity contribution in [2.75, 3.05) is 44.3 Å². The molecule has 0 unspecified atom stereocenters. The second-order valence-electron chi connectivity index (χ2n) is 7.62. The predicted molar refractivity (Wildman–Crippen MR) is 118 cm³/mol. The number of rotatable bonds is 3. The van der Waals surface area contributed by atoms with Crippen LogP contribution in [-0.4, -0.2) is 60.2 Å². The van der Waals surface area contributed by atoms with Crippen LogP contribution in [0.15, 0.2) is 22.9 Å². The minimum atomic E-state index is 0.0241. The average molecular weight is 429 g/mol. The maximum Gasteiger partial charge on any atom is 0.227 e. The van der Waals surface area contributed by atoms with Gasteiger partial charge in [0.15, 0.2) is 0 Å². The van der Waals surface area contributed by atoms with E-state index in [9.17, 15) is 4.79 Å². The predicted octanol–water partition coefficient (Wildman–Crippen LogP) is 3.80. The van der Waals surface area contributed by atoms with Crippen LogP contribution in [0.2, 0.25) is 0 Å². The Morgan fingerprint density at radius 1 is 1.21 bits per heavy atom. The van der Waals surface area contributed by atoms with E-state index in [-0.39, 0.29) is 11.8 Å². The number of morpholine rings is 1. The lowest BCUT2D eigenvalue weighted by atomic mass is 9.96. The quantitative estimate of drug-likeness (QED) is 0.635. The summed E-state index contributed by atoms with van der Waals surface area (Å²) in [5.41, 5.74) is 1.21. The topological polar surface area (TPSA) is 58.6 Å². The third-order valence-electron chi connectivity index (χ3n) is 5.71. The Balaban J connectivity index is 1.48. The van der Waals surface area contributed by atoms with Gasteiger partial charge < -0.3 is 14.5 Å². The van der Waals surface area contributed by atoms with Crippen LogP contribution < -0.4 is 4.90 Å². The SMILES string of the molecule is Cc1nc(N2CCC[C@H](C(=O)N3CCOCC3)C2)c2c(-c3cccs3)csc2n1. The number of nitrogens with zero attached hydrogens (tertiary/aromatic N) is 4. The van der Waals surface area contributed by atoms with Crippen molar-refractivity contribution in [3.05, 3.63) is 28.7 Å². The molecule has 0 spiro atoms. The number of carbonyl (C=O) groups is 1. The van der Waals surface area contributed by atoms with E-state index < -0.39 is 0 Å². The number of amides is 1. The van der Waals surface area contributed by atoms with Crippen LogP contribution in [0, 0.1) is 12.8 Å². The Hall–Kier alpha value is -2.03. The number of hydrogen-bond acceptors (Lipinski definition) is 7. The van der Waals surface area contributed by atoms with E-state index in [4.69, 9.17) is 9.72 Å². The van der Waals surface area contributed by atoms with Gasteiger partial charge in [-0.25, -0.2) is 9.97 Å². The molecule has 0 N–H and O–H groups in total. The largest absolute Gasteiger partial charge is 0.378 e. The maximum atomic E-state index is 13.1. The molecule has 0 aromatic carbocycles. The molecule has 29 heavy (non-hydrogen) atoms. The average Bonchev–Trinajstić information content (AvgIpc) is 3.43. The molecule has 2 aliphatic rings. The van der Waals surface area contributed by atoms with Gasteiger partial charge in [-0.2, -0.15) is 0 Å². The Morgan fingerprint density at radius 2 is 2.07 bits per heavy atom. The van der Waals surface area contributed by atoms with E-state index in [1.165, 1.54) is 10.4 Å². The fourth-order valence-corrected chi connectivity index (χ4v) is 6.08. The second kappa shape index (κ2) is 8.01. The van der Waals surface area contributed by atoms with Gasteiger partial charge in [0.25, 0.3) is 0 Å².